The highest BCUT2D eigenvalue weighted by Crippen LogP contribution is 2.32. The Morgan fingerprint density at radius 1 is 0.667 bits per heavy atom. The number of aromatic nitrogens is 2. The highest BCUT2D eigenvalue weighted by atomic mass is 35.5. The first-order valence-corrected chi connectivity index (χ1v) is 19.1. The fourth-order valence-electron chi connectivity index (χ4n) is 6.97. The Bertz CT molecular complexity index is 2780. The maximum Gasteiger partial charge on any atom is 0.335 e. The van der Waals surface area contributed by atoms with Gasteiger partial charge in [0.15, 0.2) is 0 Å². The van der Waals surface area contributed by atoms with E-state index in [-0.39, 0.29) is 45.5 Å². The number of halogens is 4. The molecule has 2 aromatic heterocycles. The van der Waals surface area contributed by atoms with Gasteiger partial charge < -0.3 is 25.6 Å². The number of benzene rings is 4. The number of hydrogen-bond acceptors (Lipinski definition) is 9. The van der Waals surface area contributed by atoms with E-state index in [1.54, 1.807) is 13.8 Å². The quantitative estimate of drug-likeness (QED) is 0.0800. The number of amides is 2. The van der Waals surface area contributed by atoms with E-state index in [1.165, 1.54) is 83.6 Å². The average molecular weight is 862 g/mol. The van der Waals surface area contributed by atoms with Crippen LogP contribution in [0.25, 0.3) is 21.8 Å². The Morgan fingerprint density at radius 2 is 1.10 bits per heavy atom. The number of hydrogen-bond donors (Lipinski definition) is 4. The van der Waals surface area contributed by atoms with E-state index in [0.29, 0.717) is 44.3 Å². The van der Waals surface area contributed by atoms with Crippen molar-refractivity contribution in [3.05, 3.63) is 128 Å². The molecule has 0 bridgehead atoms. The molecule has 6 rings (SSSR count). The molecule has 2 unspecified atom stereocenters. The van der Waals surface area contributed by atoms with E-state index in [1.807, 2.05) is 0 Å². The first-order valence-electron chi connectivity index (χ1n) is 18.3. The summed E-state index contributed by atoms with van der Waals surface area (Å²) in [6.45, 7) is 5.95. The molecule has 0 spiro atoms. The molecule has 2 amide bonds. The number of nitrogens with zero attached hydrogens (tertiary/aromatic N) is 2. The summed E-state index contributed by atoms with van der Waals surface area (Å²) < 4.78 is 36.0. The molecule has 310 valence electrons. The summed E-state index contributed by atoms with van der Waals surface area (Å²) in [5.41, 5.74) is 2.05. The molecule has 0 fully saturated rings. The number of carbonyl (C=O) groups is 6. The summed E-state index contributed by atoms with van der Waals surface area (Å²) in [5, 5.41) is 26.0. The van der Waals surface area contributed by atoms with E-state index < -0.39 is 65.7 Å². The molecule has 0 aliphatic heterocycles. The van der Waals surface area contributed by atoms with Crippen molar-refractivity contribution in [1.29, 1.82) is 0 Å². The van der Waals surface area contributed by atoms with Crippen LogP contribution < -0.4 is 10.6 Å². The monoisotopic (exact) mass is 860 g/mol. The van der Waals surface area contributed by atoms with Crippen molar-refractivity contribution in [2.45, 2.75) is 59.0 Å². The molecule has 2 heterocycles. The summed E-state index contributed by atoms with van der Waals surface area (Å²) in [4.78, 5) is 79.1. The second-order valence-corrected chi connectivity index (χ2v) is 15.0. The SMILES string of the molecule is Cc1c(CC(=O)NC(C)CC(=O)OC(=O)C(C)NC(=O)Cc2c(C)n(C(=O)c3ccc(Cl)c(F)c3)c3ccc(O)cc23)c2cc(O)ccc2n1C(=O)c1ccc(Cl)c(F)c1. The predicted molar refractivity (Wildman–Crippen MR) is 217 cm³/mol. The molecule has 0 radical (unpaired) electrons. The summed E-state index contributed by atoms with van der Waals surface area (Å²) >= 11 is 11.6. The van der Waals surface area contributed by atoms with Gasteiger partial charge in [0.2, 0.25) is 11.8 Å². The maximum absolute atomic E-state index is 14.2. The average Bonchev–Trinajstić information content (AvgIpc) is 3.60. The molecular weight excluding hydrogens is 825 g/mol. The normalized spacial score (nSPS) is 12.3. The fourth-order valence-corrected chi connectivity index (χ4v) is 7.21. The van der Waals surface area contributed by atoms with E-state index in [9.17, 15) is 47.8 Å². The fraction of sp³-hybridized carbons (Fsp3) is 0.209. The number of nitrogens with one attached hydrogen (secondary N) is 2. The van der Waals surface area contributed by atoms with Crippen molar-refractivity contribution in [3.8, 4) is 11.5 Å². The van der Waals surface area contributed by atoms with Gasteiger partial charge in [-0.1, -0.05) is 23.2 Å². The van der Waals surface area contributed by atoms with Crippen molar-refractivity contribution in [1.82, 2.24) is 19.8 Å². The van der Waals surface area contributed by atoms with Crippen molar-refractivity contribution in [2.24, 2.45) is 0 Å². The molecule has 13 nitrogen and oxygen atoms in total. The lowest BCUT2D eigenvalue weighted by Gasteiger charge is -2.15. The highest BCUT2D eigenvalue weighted by Gasteiger charge is 2.27. The predicted octanol–water partition coefficient (Wildman–Crippen LogP) is 6.84. The third-order valence-electron chi connectivity index (χ3n) is 9.88. The van der Waals surface area contributed by atoms with E-state index >= 15 is 0 Å². The van der Waals surface area contributed by atoms with Gasteiger partial charge in [-0.15, -0.1) is 0 Å². The number of rotatable bonds is 11. The van der Waals surface area contributed by atoms with E-state index in [0.717, 1.165) is 12.1 Å². The van der Waals surface area contributed by atoms with Crippen LogP contribution in [0.4, 0.5) is 8.78 Å². The minimum atomic E-state index is -1.31. The lowest BCUT2D eigenvalue weighted by atomic mass is 10.1. The second-order valence-electron chi connectivity index (χ2n) is 14.2. The van der Waals surface area contributed by atoms with Gasteiger partial charge in [-0.3, -0.25) is 33.1 Å². The number of fused-ring (bicyclic) bond motifs is 2. The van der Waals surface area contributed by atoms with Crippen molar-refractivity contribution in [3.63, 3.8) is 0 Å². The molecule has 6 aromatic rings. The van der Waals surface area contributed by atoms with Crippen LogP contribution in [0.15, 0.2) is 72.8 Å². The number of phenolic OH excluding ortho intramolecular Hbond substituents is 2. The smallest absolute Gasteiger partial charge is 0.335 e. The first kappa shape index (κ1) is 43.0. The van der Waals surface area contributed by atoms with Gasteiger partial charge in [-0.2, -0.15) is 0 Å². The van der Waals surface area contributed by atoms with Crippen LogP contribution in [0, 0.1) is 25.5 Å². The zero-order valence-corrected chi connectivity index (χ0v) is 33.9. The molecule has 0 aliphatic carbocycles. The number of aromatic hydroxyl groups is 2. The van der Waals surface area contributed by atoms with Gasteiger partial charge in [0.05, 0.1) is 40.3 Å². The number of carbonyl (C=O) groups excluding carboxylic acids is 6. The van der Waals surface area contributed by atoms with Gasteiger partial charge >= 0.3 is 11.9 Å². The Morgan fingerprint density at radius 3 is 1.53 bits per heavy atom. The minimum absolute atomic E-state index is 0.000294. The summed E-state index contributed by atoms with van der Waals surface area (Å²) in [6, 6.07) is 13.5. The third kappa shape index (κ3) is 8.87. The van der Waals surface area contributed by atoms with Crippen LogP contribution in [-0.2, 0) is 36.8 Å². The number of esters is 2. The van der Waals surface area contributed by atoms with E-state index in [4.69, 9.17) is 27.9 Å². The van der Waals surface area contributed by atoms with Gasteiger partial charge in [-0.05, 0) is 112 Å². The molecule has 4 aromatic carbocycles. The van der Waals surface area contributed by atoms with Gasteiger partial charge in [0.1, 0.15) is 29.2 Å². The van der Waals surface area contributed by atoms with Crippen molar-refractivity contribution >= 4 is 80.6 Å². The Hall–Kier alpha value is -6.58. The summed E-state index contributed by atoms with van der Waals surface area (Å²) in [5.74, 6) is -6.40. The van der Waals surface area contributed by atoms with Gasteiger partial charge in [0, 0.05) is 39.3 Å². The zero-order chi connectivity index (χ0) is 43.7. The lowest BCUT2D eigenvalue weighted by molar-refractivity contribution is -0.161. The standard InChI is InChI=1S/C43H36Cl2F2N4O9/c1-20(48-38(54)18-28-22(3)50(36-11-7-26(52)16-30(28)36)41(57)24-5-9-32(44)34(46)14-24)13-40(56)60-43(59)21(2)49-39(55)19-29-23(4)51(37-12-8-27(53)17-31(29)37)42(58)25-6-10-33(45)35(47)15-25/h5-12,14-17,20-21,52-53H,13,18-19H2,1-4H3,(H,48,54)(H,49,55). The van der Waals surface area contributed by atoms with Crippen LogP contribution in [0.1, 0.15) is 63.5 Å². The van der Waals surface area contributed by atoms with Gasteiger partial charge in [-0.25, -0.2) is 13.6 Å². The van der Waals surface area contributed by atoms with Crippen LogP contribution >= 0.6 is 23.2 Å². The zero-order valence-electron chi connectivity index (χ0n) is 32.4. The molecule has 60 heavy (non-hydrogen) atoms. The molecular formula is C43H36Cl2F2N4O9. The second kappa shape index (κ2) is 17.3. The van der Waals surface area contributed by atoms with Crippen LogP contribution in [0.5, 0.6) is 11.5 Å². The van der Waals surface area contributed by atoms with Crippen LogP contribution in [-0.4, -0.2) is 67.0 Å². The number of ether oxygens (including phenoxy) is 1. The lowest BCUT2D eigenvalue weighted by Crippen LogP contribution is -2.42. The van der Waals surface area contributed by atoms with Crippen molar-refractivity contribution < 1.29 is 52.5 Å². The maximum atomic E-state index is 14.2. The molecule has 0 saturated heterocycles. The van der Waals surface area contributed by atoms with Crippen LogP contribution in [0.3, 0.4) is 0 Å². The summed E-state index contributed by atoms with van der Waals surface area (Å²) in [6.07, 6.45) is -1.08. The highest BCUT2D eigenvalue weighted by molar-refractivity contribution is 6.31. The first-order chi connectivity index (χ1) is 28.3. The molecule has 0 aliphatic rings. The largest absolute Gasteiger partial charge is 0.508 e. The topological polar surface area (TPSA) is 186 Å². The minimum Gasteiger partial charge on any atom is -0.508 e. The Labute approximate surface area is 350 Å². The van der Waals surface area contributed by atoms with Gasteiger partial charge in [0.25, 0.3) is 11.8 Å². The van der Waals surface area contributed by atoms with Crippen molar-refractivity contribution in [2.75, 3.05) is 0 Å². The molecule has 4 N–H and O–H groups in total. The Balaban J connectivity index is 1.07. The van der Waals surface area contributed by atoms with Crippen LogP contribution in [0.2, 0.25) is 10.0 Å². The van der Waals surface area contributed by atoms with E-state index in [2.05, 4.69) is 10.6 Å². The molecule has 0 saturated carbocycles. The summed E-state index contributed by atoms with van der Waals surface area (Å²) in [7, 11) is 0. The Kier molecular flexibility index (Phi) is 12.4. The third-order valence-corrected chi connectivity index (χ3v) is 10.5. The number of phenols is 2. The molecule has 17 heteroatoms. The molecule has 2 atom stereocenters.